The van der Waals surface area contributed by atoms with Gasteiger partial charge >= 0.3 is 0 Å². The van der Waals surface area contributed by atoms with E-state index in [9.17, 15) is 9.18 Å². The maximum Gasteiger partial charge on any atom is 0.265 e. The van der Waals surface area contributed by atoms with Crippen LogP contribution in [-0.4, -0.2) is 49.3 Å². The third kappa shape index (κ3) is 4.35. The molecule has 1 fully saturated rings. The molecule has 2 aromatic heterocycles. The summed E-state index contributed by atoms with van der Waals surface area (Å²) < 4.78 is 19.7. The molecule has 0 bridgehead atoms. The molecule has 1 amide bonds. The highest BCUT2D eigenvalue weighted by molar-refractivity contribution is 7.08. The molecule has 1 aliphatic heterocycles. The third-order valence-corrected chi connectivity index (χ3v) is 6.12. The van der Waals surface area contributed by atoms with E-state index in [4.69, 9.17) is 0 Å². The highest BCUT2D eigenvalue weighted by atomic mass is 32.1. The Morgan fingerprint density at radius 3 is 2.76 bits per heavy atom. The average molecular weight is 415 g/mol. The van der Waals surface area contributed by atoms with E-state index >= 15 is 0 Å². The number of piperidine rings is 1. The number of nitrogens with zero attached hydrogens (tertiary/aromatic N) is 5. The fourth-order valence-corrected chi connectivity index (χ4v) is 4.17. The fourth-order valence-electron chi connectivity index (χ4n) is 3.61. The molecule has 1 saturated heterocycles. The van der Waals surface area contributed by atoms with Gasteiger partial charge in [0.25, 0.3) is 5.91 Å². The first-order valence-corrected chi connectivity index (χ1v) is 10.4. The summed E-state index contributed by atoms with van der Waals surface area (Å²) in [4.78, 5) is 15.3. The normalized spacial score (nSPS) is 15.6. The van der Waals surface area contributed by atoms with E-state index in [-0.39, 0.29) is 17.8 Å². The Kier molecular flexibility index (Phi) is 5.68. The number of carbonyl (C=O) groups is 1. The van der Waals surface area contributed by atoms with Crippen LogP contribution in [0.15, 0.2) is 30.3 Å². The van der Waals surface area contributed by atoms with Crippen LogP contribution in [0.4, 0.5) is 4.39 Å². The molecule has 7 nitrogen and oxygen atoms in total. The molecule has 0 spiro atoms. The van der Waals surface area contributed by atoms with E-state index in [0.717, 1.165) is 49.7 Å². The van der Waals surface area contributed by atoms with Gasteiger partial charge in [-0.2, -0.15) is 5.10 Å². The molecule has 3 aromatic rings. The summed E-state index contributed by atoms with van der Waals surface area (Å²) in [5, 5.41) is 11.5. The molecular formula is C20H23FN6OS. The van der Waals surface area contributed by atoms with Crippen LogP contribution in [0.2, 0.25) is 0 Å². The standard InChI is InChI=1S/C20H23FN6OS/c1-13-19(29-25-23-13)20(28)22-14-7-9-27(10-8-14)12-15-11-18(24-26(15)2)16-5-3-4-6-17(16)21/h3-6,11,14H,7-10,12H2,1-2H3,(H,22,28). The summed E-state index contributed by atoms with van der Waals surface area (Å²) in [6, 6.07) is 8.79. The topological polar surface area (TPSA) is 75.9 Å². The van der Waals surface area contributed by atoms with Gasteiger partial charge in [-0.15, -0.1) is 5.10 Å². The first-order chi connectivity index (χ1) is 14.0. The van der Waals surface area contributed by atoms with Crippen LogP contribution in [0, 0.1) is 12.7 Å². The maximum atomic E-state index is 14.0. The molecule has 4 rings (SSSR count). The van der Waals surface area contributed by atoms with Gasteiger partial charge < -0.3 is 5.32 Å². The Labute approximate surface area is 172 Å². The Bertz CT molecular complexity index is 1010. The van der Waals surface area contributed by atoms with Gasteiger partial charge in [0.1, 0.15) is 10.7 Å². The van der Waals surface area contributed by atoms with Gasteiger partial charge in [0, 0.05) is 38.3 Å². The van der Waals surface area contributed by atoms with Crippen molar-refractivity contribution in [2.45, 2.75) is 32.4 Å². The monoisotopic (exact) mass is 414 g/mol. The van der Waals surface area contributed by atoms with Crippen molar-refractivity contribution in [1.29, 1.82) is 0 Å². The van der Waals surface area contributed by atoms with Crippen molar-refractivity contribution < 1.29 is 9.18 Å². The van der Waals surface area contributed by atoms with E-state index in [1.165, 1.54) is 6.07 Å². The van der Waals surface area contributed by atoms with E-state index < -0.39 is 0 Å². The molecular weight excluding hydrogens is 391 g/mol. The fraction of sp³-hybridized carbons (Fsp3) is 0.400. The zero-order valence-electron chi connectivity index (χ0n) is 16.4. The SMILES string of the molecule is Cc1nnsc1C(=O)NC1CCN(Cc2cc(-c3ccccc3F)nn2C)CC1. The molecule has 29 heavy (non-hydrogen) atoms. The molecule has 1 aromatic carbocycles. The van der Waals surface area contributed by atoms with Crippen molar-refractivity contribution in [2.75, 3.05) is 13.1 Å². The largest absolute Gasteiger partial charge is 0.348 e. The number of aryl methyl sites for hydroxylation is 2. The lowest BCUT2D eigenvalue weighted by atomic mass is 10.0. The van der Waals surface area contributed by atoms with Crippen LogP contribution in [0.1, 0.15) is 33.9 Å². The van der Waals surface area contributed by atoms with Crippen LogP contribution in [0.25, 0.3) is 11.3 Å². The van der Waals surface area contributed by atoms with Crippen molar-refractivity contribution >= 4 is 17.4 Å². The molecule has 0 atom stereocenters. The molecule has 3 heterocycles. The minimum absolute atomic E-state index is 0.0860. The molecule has 152 valence electrons. The number of aromatic nitrogens is 4. The number of amides is 1. The second-order valence-corrected chi connectivity index (χ2v) is 8.09. The van der Waals surface area contributed by atoms with E-state index in [0.29, 0.717) is 21.8 Å². The minimum atomic E-state index is -0.264. The summed E-state index contributed by atoms with van der Waals surface area (Å²) in [7, 11) is 1.89. The summed E-state index contributed by atoms with van der Waals surface area (Å²) in [6.07, 6.45) is 1.77. The predicted molar refractivity (Wildman–Crippen MR) is 109 cm³/mol. The number of hydrogen-bond acceptors (Lipinski definition) is 6. The first-order valence-electron chi connectivity index (χ1n) is 9.61. The summed E-state index contributed by atoms with van der Waals surface area (Å²) in [5.41, 5.74) is 2.88. The van der Waals surface area contributed by atoms with Crippen LogP contribution in [0.5, 0.6) is 0 Å². The molecule has 0 aliphatic carbocycles. The van der Waals surface area contributed by atoms with Crippen LogP contribution >= 0.6 is 11.5 Å². The Morgan fingerprint density at radius 1 is 1.31 bits per heavy atom. The highest BCUT2D eigenvalue weighted by Gasteiger charge is 2.24. The quantitative estimate of drug-likeness (QED) is 0.695. The number of carbonyl (C=O) groups excluding carboxylic acids is 1. The smallest absolute Gasteiger partial charge is 0.265 e. The Hall–Kier alpha value is -2.65. The predicted octanol–water partition coefficient (Wildman–Crippen LogP) is 2.78. The number of likely N-dealkylation sites (tertiary alicyclic amines) is 1. The number of benzene rings is 1. The average Bonchev–Trinajstić information content (AvgIpc) is 3.29. The van der Waals surface area contributed by atoms with Crippen molar-refractivity contribution in [1.82, 2.24) is 29.6 Å². The lowest BCUT2D eigenvalue weighted by molar-refractivity contribution is 0.0911. The first kappa shape index (κ1) is 19.7. The van der Waals surface area contributed by atoms with Gasteiger partial charge in [-0.25, -0.2) is 4.39 Å². The lowest BCUT2D eigenvalue weighted by Crippen LogP contribution is -2.44. The van der Waals surface area contributed by atoms with Gasteiger partial charge in [-0.05, 0) is 49.5 Å². The number of hydrogen-bond donors (Lipinski definition) is 1. The van der Waals surface area contributed by atoms with Gasteiger partial charge in [0.15, 0.2) is 0 Å². The second-order valence-electron chi connectivity index (χ2n) is 7.34. The summed E-state index contributed by atoms with van der Waals surface area (Å²) in [6.45, 7) is 4.30. The van der Waals surface area contributed by atoms with E-state index in [1.807, 2.05) is 23.9 Å². The van der Waals surface area contributed by atoms with Crippen LogP contribution < -0.4 is 5.32 Å². The van der Waals surface area contributed by atoms with Gasteiger partial charge in [0.2, 0.25) is 0 Å². The minimum Gasteiger partial charge on any atom is -0.348 e. The number of nitrogens with one attached hydrogen (secondary N) is 1. The highest BCUT2D eigenvalue weighted by Crippen LogP contribution is 2.23. The zero-order valence-corrected chi connectivity index (χ0v) is 17.2. The van der Waals surface area contributed by atoms with Crippen LogP contribution in [0.3, 0.4) is 0 Å². The maximum absolute atomic E-state index is 14.0. The van der Waals surface area contributed by atoms with Crippen LogP contribution in [-0.2, 0) is 13.6 Å². The molecule has 0 radical (unpaired) electrons. The van der Waals surface area contributed by atoms with Crippen molar-refractivity contribution in [3.05, 3.63) is 52.4 Å². The number of halogens is 1. The molecule has 1 aliphatic rings. The zero-order chi connectivity index (χ0) is 20.4. The Morgan fingerprint density at radius 2 is 2.07 bits per heavy atom. The van der Waals surface area contributed by atoms with Crippen molar-refractivity contribution in [3.63, 3.8) is 0 Å². The molecule has 0 saturated carbocycles. The van der Waals surface area contributed by atoms with Gasteiger partial charge in [0.05, 0.1) is 17.1 Å². The number of rotatable bonds is 5. The Balaban J connectivity index is 1.34. The lowest BCUT2D eigenvalue weighted by Gasteiger charge is -2.32. The summed E-state index contributed by atoms with van der Waals surface area (Å²) in [5.74, 6) is -0.350. The summed E-state index contributed by atoms with van der Waals surface area (Å²) >= 11 is 1.13. The van der Waals surface area contributed by atoms with Gasteiger partial charge in [-0.1, -0.05) is 16.6 Å². The molecule has 9 heteroatoms. The van der Waals surface area contributed by atoms with E-state index in [1.54, 1.807) is 19.1 Å². The van der Waals surface area contributed by atoms with E-state index in [2.05, 4.69) is 24.9 Å². The van der Waals surface area contributed by atoms with Crippen molar-refractivity contribution in [3.8, 4) is 11.3 Å². The molecule has 0 unspecified atom stereocenters. The third-order valence-electron chi connectivity index (χ3n) is 5.29. The molecule has 1 N–H and O–H groups in total. The van der Waals surface area contributed by atoms with Gasteiger partial charge in [-0.3, -0.25) is 14.4 Å². The second kappa shape index (κ2) is 8.38. The van der Waals surface area contributed by atoms with Crippen molar-refractivity contribution in [2.24, 2.45) is 7.05 Å².